The molecule has 4 heteroatoms. The van der Waals surface area contributed by atoms with E-state index in [4.69, 9.17) is 27.9 Å². The van der Waals surface area contributed by atoms with Gasteiger partial charge in [0.1, 0.15) is 5.75 Å². The van der Waals surface area contributed by atoms with Crippen molar-refractivity contribution < 1.29 is 4.74 Å². The first kappa shape index (κ1) is 13.6. The first-order valence-electron chi connectivity index (χ1n) is 6.57. The van der Waals surface area contributed by atoms with Crippen molar-refractivity contribution in [3.8, 4) is 5.75 Å². The Kier molecular flexibility index (Phi) is 3.77. The summed E-state index contributed by atoms with van der Waals surface area (Å²) < 4.78 is 5.70. The Bertz CT molecular complexity index is 655. The van der Waals surface area contributed by atoms with E-state index in [9.17, 15) is 0 Å². The first-order valence-corrected chi connectivity index (χ1v) is 7.33. The zero-order chi connectivity index (χ0) is 14.1. The van der Waals surface area contributed by atoms with Crippen LogP contribution < -0.4 is 10.1 Å². The Morgan fingerprint density at radius 2 is 2.00 bits per heavy atom. The minimum absolute atomic E-state index is 0.671. The molecule has 0 amide bonds. The molecule has 0 radical (unpaired) electrons. The molecule has 1 N–H and O–H groups in total. The van der Waals surface area contributed by atoms with Gasteiger partial charge in [-0.1, -0.05) is 29.3 Å². The lowest BCUT2D eigenvalue weighted by atomic mass is 10.1. The number of hydrogen-bond donors (Lipinski definition) is 1. The van der Waals surface area contributed by atoms with E-state index in [1.165, 1.54) is 5.56 Å². The van der Waals surface area contributed by atoms with Gasteiger partial charge in [-0.2, -0.15) is 0 Å². The maximum absolute atomic E-state index is 6.16. The molecule has 0 fully saturated rings. The monoisotopic (exact) mass is 307 g/mol. The highest BCUT2D eigenvalue weighted by atomic mass is 35.5. The van der Waals surface area contributed by atoms with Gasteiger partial charge in [0.2, 0.25) is 0 Å². The molecule has 0 aromatic heterocycles. The molecule has 0 bridgehead atoms. The maximum atomic E-state index is 6.16. The first-order chi connectivity index (χ1) is 9.63. The van der Waals surface area contributed by atoms with Gasteiger partial charge in [0.05, 0.1) is 6.61 Å². The van der Waals surface area contributed by atoms with Gasteiger partial charge in [0, 0.05) is 34.3 Å². The fourth-order valence-corrected chi connectivity index (χ4v) is 2.89. The van der Waals surface area contributed by atoms with Gasteiger partial charge in [-0.3, -0.25) is 0 Å². The molecule has 0 saturated heterocycles. The van der Waals surface area contributed by atoms with E-state index in [1.807, 2.05) is 30.3 Å². The van der Waals surface area contributed by atoms with E-state index in [0.29, 0.717) is 6.54 Å². The van der Waals surface area contributed by atoms with Crippen LogP contribution in [0.4, 0.5) is 5.69 Å². The van der Waals surface area contributed by atoms with Crippen LogP contribution in [-0.4, -0.2) is 6.61 Å². The van der Waals surface area contributed by atoms with Crippen LogP contribution in [0.1, 0.15) is 16.7 Å². The molecule has 3 rings (SSSR count). The molecule has 2 aromatic rings. The quantitative estimate of drug-likeness (QED) is 0.875. The number of anilines is 1. The van der Waals surface area contributed by atoms with Gasteiger partial charge in [-0.25, -0.2) is 0 Å². The molecule has 0 aliphatic carbocycles. The second kappa shape index (κ2) is 5.55. The number of fused-ring (bicyclic) bond motifs is 1. The standard InChI is InChI=1S/C16H15Cl2NO/c1-10-2-3-13(17)8-15(10)19-9-12-7-14(18)6-11-4-5-20-16(11)12/h2-3,6-8,19H,4-5,9H2,1H3. The zero-order valence-electron chi connectivity index (χ0n) is 11.2. The van der Waals surface area contributed by atoms with E-state index < -0.39 is 0 Å². The number of aryl methyl sites for hydroxylation is 1. The van der Waals surface area contributed by atoms with Crippen molar-refractivity contribution in [2.45, 2.75) is 19.9 Å². The molecule has 0 unspecified atom stereocenters. The predicted molar refractivity (Wildman–Crippen MR) is 84.2 cm³/mol. The summed E-state index contributed by atoms with van der Waals surface area (Å²) in [5.74, 6) is 0.974. The SMILES string of the molecule is Cc1ccc(Cl)cc1NCc1cc(Cl)cc2c1OCC2. The Labute approximate surface area is 128 Å². The third kappa shape index (κ3) is 2.72. The van der Waals surface area contributed by atoms with Crippen LogP contribution in [0.3, 0.4) is 0 Å². The average molecular weight is 308 g/mol. The van der Waals surface area contributed by atoms with Crippen molar-refractivity contribution >= 4 is 28.9 Å². The van der Waals surface area contributed by atoms with Gasteiger partial charge in [0.15, 0.2) is 0 Å². The summed E-state index contributed by atoms with van der Waals surface area (Å²) in [7, 11) is 0. The third-order valence-corrected chi connectivity index (χ3v) is 3.95. The minimum atomic E-state index is 0.671. The molecule has 20 heavy (non-hydrogen) atoms. The molecule has 104 valence electrons. The van der Waals surface area contributed by atoms with Crippen LogP contribution in [0.2, 0.25) is 10.0 Å². The number of halogens is 2. The number of hydrogen-bond acceptors (Lipinski definition) is 2. The summed E-state index contributed by atoms with van der Waals surface area (Å²) in [4.78, 5) is 0. The molecule has 2 nitrogen and oxygen atoms in total. The van der Waals surface area contributed by atoms with E-state index >= 15 is 0 Å². The molecule has 0 atom stereocenters. The van der Waals surface area contributed by atoms with Crippen LogP contribution in [0, 0.1) is 6.92 Å². The molecule has 1 heterocycles. The fourth-order valence-electron chi connectivity index (χ4n) is 2.45. The average Bonchev–Trinajstić information content (AvgIpc) is 2.87. The van der Waals surface area contributed by atoms with Gasteiger partial charge in [-0.05, 0) is 42.3 Å². The van der Waals surface area contributed by atoms with Crippen LogP contribution in [0.25, 0.3) is 0 Å². The van der Waals surface area contributed by atoms with Gasteiger partial charge in [-0.15, -0.1) is 0 Å². The summed E-state index contributed by atoms with van der Waals surface area (Å²) >= 11 is 12.2. The van der Waals surface area contributed by atoms with Gasteiger partial charge < -0.3 is 10.1 Å². The summed E-state index contributed by atoms with van der Waals surface area (Å²) in [5, 5.41) is 4.89. The molecular weight excluding hydrogens is 293 g/mol. The number of ether oxygens (including phenoxy) is 1. The van der Waals surface area contributed by atoms with Crippen molar-refractivity contribution in [1.82, 2.24) is 0 Å². The zero-order valence-corrected chi connectivity index (χ0v) is 12.7. The van der Waals surface area contributed by atoms with Crippen LogP contribution in [0.5, 0.6) is 5.75 Å². The summed E-state index contributed by atoms with van der Waals surface area (Å²) in [6.07, 6.45) is 0.930. The number of nitrogens with one attached hydrogen (secondary N) is 1. The molecule has 1 aliphatic rings. The van der Waals surface area contributed by atoms with Crippen molar-refractivity contribution in [2.75, 3.05) is 11.9 Å². The predicted octanol–water partition coefficient (Wildman–Crippen LogP) is 4.85. The van der Waals surface area contributed by atoms with E-state index in [1.54, 1.807) is 0 Å². The third-order valence-electron chi connectivity index (χ3n) is 3.49. The fraction of sp³-hybridized carbons (Fsp3) is 0.250. The largest absolute Gasteiger partial charge is 0.493 e. The smallest absolute Gasteiger partial charge is 0.127 e. The number of rotatable bonds is 3. The lowest BCUT2D eigenvalue weighted by Crippen LogP contribution is -2.03. The highest BCUT2D eigenvalue weighted by molar-refractivity contribution is 6.31. The van der Waals surface area contributed by atoms with E-state index in [-0.39, 0.29) is 0 Å². The molecular formula is C16H15Cl2NO. The second-order valence-electron chi connectivity index (χ2n) is 4.96. The molecule has 2 aromatic carbocycles. The normalized spacial score (nSPS) is 12.9. The summed E-state index contributed by atoms with van der Waals surface area (Å²) in [6.45, 7) is 3.46. The van der Waals surface area contributed by atoms with Crippen molar-refractivity contribution in [3.05, 3.63) is 57.1 Å². The second-order valence-corrected chi connectivity index (χ2v) is 5.84. The van der Waals surface area contributed by atoms with Gasteiger partial charge >= 0.3 is 0 Å². The minimum Gasteiger partial charge on any atom is -0.493 e. The van der Waals surface area contributed by atoms with Crippen molar-refractivity contribution in [2.24, 2.45) is 0 Å². The van der Waals surface area contributed by atoms with Crippen LogP contribution in [0.15, 0.2) is 30.3 Å². The van der Waals surface area contributed by atoms with Crippen molar-refractivity contribution in [1.29, 1.82) is 0 Å². The molecule has 1 aliphatic heterocycles. The molecule has 0 saturated carbocycles. The van der Waals surface area contributed by atoms with E-state index in [2.05, 4.69) is 12.2 Å². The topological polar surface area (TPSA) is 21.3 Å². The highest BCUT2D eigenvalue weighted by Gasteiger charge is 2.17. The maximum Gasteiger partial charge on any atom is 0.127 e. The highest BCUT2D eigenvalue weighted by Crippen LogP contribution is 2.33. The Hall–Kier alpha value is -1.38. The van der Waals surface area contributed by atoms with Crippen LogP contribution in [-0.2, 0) is 13.0 Å². The van der Waals surface area contributed by atoms with Crippen molar-refractivity contribution in [3.63, 3.8) is 0 Å². The van der Waals surface area contributed by atoms with Gasteiger partial charge in [0.25, 0.3) is 0 Å². The molecule has 0 spiro atoms. The van der Waals surface area contributed by atoms with Crippen LogP contribution >= 0.6 is 23.2 Å². The summed E-state index contributed by atoms with van der Waals surface area (Å²) in [5.41, 5.74) is 4.47. The van der Waals surface area contributed by atoms with E-state index in [0.717, 1.165) is 45.6 Å². The lowest BCUT2D eigenvalue weighted by Gasteiger charge is -2.13. The Balaban J connectivity index is 1.84. The summed E-state index contributed by atoms with van der Waals surface area (Å²) in [6, 6.07) is 9.77. The lowest BCUT2D eigenvalue weighted by molar-refractivity contribution is 0.354. The number of benzene rings is 2. The Morgan fingerprint density at radius 3 is 2.85 bits per heavy atom. The Morgan fingerprint density at radius 1 is 1.15 bits per heavy atom.